The lowest BCUT2D eigenvalue weighted by Gasteiger charge is -2.22. The Morgan fingerprint density at radius 1 is 1.15 bits per heavy atom. The standard InChI is InChI=1S/C18H28N2/c1-2-9-18(10-11-18)15-19-14-16-7-3-4-8-17(16)20-12-5-6-13-20/h3-4,7-8,19H,2,5-6,9-15H2,1H3. The van der Waals surface area contributed by atoms with Gasteiger partial charge < -0.3 is 10.2 Å². The first-order chi connectivity index (χ1) is 9.83. The summed E-state index contributed by atoms with van der Waals surface area (Å²) in [7, 11) is 0. The molecule has 0 unspecified atom stereocenters. The second-order valence-electron chi connectivity index (χ2n) is 6.68. The van der Waals surface area contributed by atoms with Crippen molar-refractivity contribution in [1.29, 1.82) is 0 Å². The highest BCUT2D eigenvalue weighted by molar-refractivity contribution is 5.54. The molecule has 0 aromatic heterocycles. The molecule has 2 fully saturated rings. The van der Waals surface area contributed by atoms with Crippen molar-refractivity contribution >= 4 is 5.69 Å². The molecule has 2 nitrogen and oxygen atoms in total. The first kappa shape index (κ1) is 13.9. The fourth-order valence-electron chi connectivity index (χ4n) is 3.61. The lowest BCUT2D eigenvalue weighted by molar-refractivity contribution is 0.421. The quantitative estimate of drug-likeness (QED) is 0.808. The largest absolute Gasteiger partial charge is 0.371 e. The van der Waals surface area contributed by atoms with Crippen LogP contribution in [0.15, 0.2) is 24.3 Å². The van der Waals surface area contributed by atoms with Crippen molar-refractivity contribution in [3.05, 3.63) is 29.8 Å². The Balaban J connectivity index is 1.57. The summed E-state index contributed by atoms with van der Waals surface area (Å²) in [4.78, 5) is 2.55. The Morgan fingerprint density at radius 2 is 1.90 bits per heavy atom. The predicted octanol–water partition coefficient (Wildman–Crippen LogP) is 3.96. The maximum atomic E-state index is 3.73. The number of anilines is 1. The lowest BCUT2D eigenvalue weighted by atomic mass is 10.0. The topological polar surface area (TPSA) is 15.3 Å². The van der Waals surface area contributed by atoms with E-state index in [1.54, 1.807) is 0 Å². The van der Waals surface area contributed by atoms with Crippen LogP contribution in [0, 0.1) is 5.41 Å². The van der Waals surface area contributed by atoms with Crippen molar-refractivity contribution in [2.24, 2.45) is 5.41 Å². The molecule has 2 aliphatic rings. The molecule has 1 aliphatic heterocycles. The molecule has 1 saturated heterocycles. The lowest BCUT2D eigenvalue weighted by Crippen LogP contribution is -2.25. The number of rotatable bonds is 7. The van der Waals surface area contributed by atoms with Crippen LogP contribution in [0.5, 0.6) is 0 Å². The van der Waals surface area contributed by atoms with E-state index in [2.05, 4.69) is 41.4 Å². The van der Waals surface area contributed by atoms with Crippen LogP contribution in [0.25, 0.3) is 0 Å². The van der Waals surface area contributed by atoms with E-state index in [9.17, 15) is 0 Å². The third kappa shape index (κ3) is 3.17. The van der Waals surface area contributed by atoms with Gasteiger partial charge in [0, 0.05) is 31.9 Å². The van der Waals surface area contributed by atoms with Gasteiger partial charge in [-0.1, -0.05) is 31.5 Å². The summed E-state index contributed by atoms with van der Waals surface area (Å²) >= 11 is 0. The fraction of sp³-hybridized carbons (Fsp3) is 0.667. The molecule has 1 N–H and O–H groups in total. The molecule has 0 atom stereocenters. The van der Waals surface area contributed by atoms with Gasteiger partial charge in [-0.25, -0.2) is 0 Å². The maximum Gasteiger partial charge on any atom is 0.0411 e. The van der Waals surface area contributed by atoms with Crippen molar-refractivity contribution in [3.63, 3.8) is 0 Å². The molecule has 1 saturated carbocycles. The fourth-order valence-corrected chi connectivity index (χ4v) is 3.61. The van der Waals surface area contributed by atoms with Crippen LogP contribution < -0.4 is 10.2 Å². The van der Waals surface area contributed by atoms with Gasteiger partial charge in [-0.2, -0.15) is 0 Å². The minimum atomic E-state index is 0.650. The van der Waals surface area contributed by atoms with Gasteiger partial charge in [-0.15, -0.1) is 0 Å². The second kappa shape index (κ2) is 6.17. The second-order valence-corrected chi connectivity index (χ2v) is 6.68. The zero-order chi connectivity index (χ0) is 13.8. The zero-order valence-electron chi connectivity index (χ0n) is 12.8. The summed E-state index contributed by atoms with van der Waals surface area (Å²) < 4.78 is 0. The van der Waals surface area contributed by atoms with Gasteiger partial charge in [-0.05, 0) is 49.1 Å². The average molecular weight is 272 g/mol. The molecule has 1 heterocycles. The molecule has 110 valence electrons. The van der Waals surface area contributed by atoms with Gasteiger partial charge in [0.05, 0.1) is 0 Å². The third-order valence-electron chi connectivity index (χ3n) is 4.99. The normalized spacial score (nSPS) is 20.4. The monoisotopic (exact) mass is 272 g/mol. The summed E-state index contributed by atoms with van der Waals surface area (Å²) in [5.74, 6) is 0. The molecule has 0 amide bonds. The summed E-state index contributed by atoms with van der Waals surface area (Å²) in [5, 5.41) is 3.73. The molecule has 0 radical (unpaired) electrons. The molecule has 2 heteroatoms. The van der Waals surface area contributed by atoms with Gasteiger partial charge in [0.25, 0.3) is 0 Å². The Morgan fingerprint density at radius 3 is 2.60 bits per heavy atom. The molecule has 1 aromatic rings. The first-order valence-corrected chi connectivity index (χ1v) is 8.37. The number of para-hydroxylation sites is 1. The van der Waals surface area contributed by atoms with E-state index in [0.717, 1.165) is 6.54 Å². The molecule has 1 aliphatic carbocycles. The molecular weight excluding hydrogens is 244 g/mol. The molecule has 20 heavy (non-hydrogen) atoms. The number of hydrogen-bond donors (Lipinski definition) is 1. The van der Waals surface area contributed by atoms with Gasteiger partial charge in [-0.3, -0.25) is 0 Å². The molecule has 3 rings (SSSR count). The molecule has 1 aromatic carbocycles. The Kier molecular flexibility index (Phi) is 4.30. The van der Waals surface area contributed by atoms with E-state index in [1.165, 1.54) is 69.4 Å². The van der Waals surface area contributed by atoms with Gasteiger partial charge in [0.1, 0.15) is 0 Å². The van der Waals surface area contributed by atoms with Crippen LogP contribution in [0.4, 0.5) is 5.69 Å². The Hall–Kier alpha value is -1.02. The summed E-state index contributed by atoms with van der Waals surface area (Å²) in [5.41, 5.74) is 3.58. The van der Waals surface area contributed by atoms with E-state index >= 15 is 0 Å². The highest BCUT2D eigenvalue weighted by Crippen LogP contribution is 2.48. The van der Waals surface area contributed by atoms with Gasteiger partial charge >= 0.3 is 0 Å². The van der Waals surface area contributed by atoms with Crippen LogP contribution in [-0.2, 0) is 6.54 Å². The number of nitrogens with one attached hydrogen (secondary N) is 1. The van der Waals surface area contributed by atoms with E-state index in [1.807, 2.05) is 0 Å². The Labute approximate surface area is 123 Å². The maximum absolute atomic E-state index is 3.73. The zero-order valence-corrected chi connectivity index (χ0v) is 12.8. The number of benzene rings is 1. The van der Waals surface area contributed by atoms with Crippen LogP contribution in [0.2, 0.25) is 0 Å². The predicted molar refractivity (Wildman–Crippen MR) is 86.2 cm³/mol. The average Bonchev–Trinajstić information content (AvgIpc) is 3.02. The minimum Gasteiger partial charge on any atom is -0.371 e. The van der Waals surface area contributed by atoms with E-state index < -0.39 is 0 Å². The highest BCUT2D eigenvalue weighted by Gasteiger charge is 2.40. The summed E-state index contributed by atoms with van der Waals surface area (Å²) in [6.07, 6.45) is 8.28. The van der Waals surface area contributed by atoms with Crippen molar-refractivity contribution in [3.8, 4) is 0 Å². The van der Waals surface area contributed by atoms with E-state index in [0.29, 0.717) is 5.41 Å². The SMILES string of the molecule is CCCC1(CNCc2ccccc2N2CCCC2)CC1. The third-order valence-corrected chi connectivity index (χ3v) is 4.99. The van der Waals surface area contributed by atoms with Crippen molar-refractivity contribution in [2.75, 3.05) is 24.5 Å². The van der Waals surface area contributed by atoms with Crippen molar-refractivity contribution in [2.45, 2.75) is 52.0 Å². The van der Waals surface area contributed by atoms with Crippen LogP contribution in [0.3, 0.4) is 0 Å². The smallest absolute Gasteiger partial charge is 0.0411 e. The summed E-state index contributed by atoms with van der Waals surface area (Å²) in [6.45, 7) is 7.00. The van der Waals surface area contributed by atoms with E-state index in [4.69, 9.17) is 0 Å². The van der Waals surface area contributed by atoms with Crippen molar-refractivity contribution < 1.29 is 0 Å². The Bertz CT molecular complexity index is 431. The van der Waals surface area contributed by atoms with Crippen LogP contribution in [-0.4, -0.2) is 19.6 Å². The van der Waals surface area contributed by atoms with Crippen molar-refractivity contribution in [1.82, 2.24) is 5.32 Å². The van der Waals surface area contributed by atoms with Crippen LogP contribution in [0.1, 0.15) is 51.0 Å². The number of nitrogens with zero attached hydrogens (tertiary/aromatic N) is 1. The minimum absolute atomic E-state index is 0.650. The summed E-state index contributed by atoms with van der Waals surface area (Å²) in [6, 6.07) is 8.94. The molecular formula is C18H28N2. The first-order valence-electron chi connectivity index (χ1n) is 8.37. The number of hydrogen-bond acceptors (Lipinski definition) is 2. The molecule has 0 spiro atoms. The highest BCUT2D eigenvalue weighted by atomic mass is 15.1. The van der Waals surface area contributed by atoms with Gasteiger partial charge in [0.15, 0.2) is 0 Å². The van der Waals surface area contributed by atoms with Gasteiger partial charge in [0.2, 0.25) is 0 Å². The molecule has 0 bridgehead atoms. The van der Waals surface area contributed by atoms with Crippen LogP contribution >= 0.6 is 0 Å². The van der Waals surface area contributed by atoms with E-state index in [-0.39, 0.29) is 0 Å².